The number of carbonyl (C=O) groups is 1. The Hall–Kier alpha value is -3.79. The number of ether oxygens (including phenoxy) is 1. The van der Waals surface area contributed by atoms with Crippen molar-refractivity contribution in [2.75, 3.05) is 19.4 Å². The highest BCUT2D eigenvalue weighted by molar-refractivity contribution is 7.90. The molecule has 5 rings (SSSR count). The summed E-state index contributed by atoms with van der Waals surface area (Å²) < 4.78 is 59.3. The summed E-state index contributed by atoms with van der Waals surface area (Å²) in [6, 6.07) is 11.2. The molecule has 0 radical (unpaired) electrons. The maximum atomic E-state index is 15.1. The van der Waals surface area contributed by atoms with E-state index in [2.05, 4.69) is 9.97 Å². The number of halogens is 2. The number of sulfone groups is 1. The van der Waals surface area contributed by atoms with Crippen LogP contribution in [0.2, 0.25) is 0 Å². The van der Waals surface area contributed by atoms with Gasteiger partial charge in [0.25, 0.3) is 5.91 Å². The van der Waals surface area contributed by atoms with Crippen LogP contribution in [0.15, 0.2) is 47.4 Å². The van der Waals surface area contributed by atoms with E-state index in [1.54, 1.807) is 6.07 Å². The number of rotatable bonds is 4. The maximum Gasteiger partial charge on any atom is 0.254 e. The van der Waals surface area contributed by atoms with Gasteiger partial charge in [-0.2, -0.15) is 0 Å². The summed E-state index contributed by atoms with van der Waals surface area (Å²) in [5, 5.41) is 0. The molecule has 1 aliphatic heterocycles. The minimum absolute atomic E-state index is 0.0418. The number of benzene rings is 3. The number of imidazole rings is 1. The summed E-state index contributed by atoms with van der Waals surface area (Å²) in [6.45, 7) is 3.62. The van der Waals surface area contributed by atoms with E-state index in [4.69, 9.17) is 4.74 Å². The van der Waals surface area contributed by atoms with Crippen molar-refractivity contribution in [3.63, 3.8) is 0 Å². The molecule has 0 bridgehead atoms. The van der Waals surface area contributed by atoms with E-state index in [0.717, 1.165) is 41.2 Å². The first kappa shape index (κ1) is 24.9. The Morgan fingerprint density at radius 2 is 1.92 bits per heavy atom. The van der Waals surface area contributed by atoms with Gasteiger partial charge in [-0.3, -0.25) is 4.79 Å². The number of amides is 1. The minimum Gasteiger partial charge on any atom is -0.488 e. The van der Waals surface area contributed by atoms with Gasteiger partial charge in [-0.25, -0.2) is 22.2 Å². The zero-order valence-electron chi connectivity index (χ0n) is 20.6. The van der Waals surface area contributed by atoms with Crippen molar-refractivity contribution in [3.8, 4) is 16.9 Å². The van der Waals surface area contributed by atoms with Gasteiger partial charge in [0, 0.05) is 30.3 Å². The van der Waals surface area contributed by atoms with E-state index in [1.165, 1.54) is 24.0 Å². The van der Waals surface area contributed by atoms with Gasteiger partial charge < -0.3 is 14.6 Å². The second-order valence-corrected chi connectivity index (χ2v) is 11.1. The Labute approximate surface area is 213 Å². The summed E-state index contributed by atoms with van der Waals surface area (Å²) in [6.07, 6.45) is 1.67. The maximum absolute atomic E-state index is 15.1. The van der Waals surface area contributed by atoms with E-state index in [9.17, 15) is 17.6 Å². The zero-order valence-corrected chi connectivity index (χ0v) is 21.4. The number of hydrogen-bond acceptors (Lipinski definition) is 5. The Kier molecular flexibility index (Phi) is 6.23. The fourth-order valence-corrected chi connectivity index (χ4v) is 5.36. The van der Waals surface area contributed by atoms with E-state index in [1.807, 2.05) is 25.1 Å². The number of aromatic nitrogens is 2. The summed E-state index contributed by atoms with van der Waals surface area (Å²) in [4.78, 5) is 22.1. The molecule has 4 aromatic rings. The molecule has 1 aliphatic rings. The lowest BCUT2D eigenvalue weighted by Crippen LogP contribution is -2.33. The average Bonchev–Trinajstić information content (AvgIpc) is 3.15. The summed E-state index contributed by atoms with van der Waals surface area (Å²) in [5.74, 6) is -1.05. The van der Waals surface area contributed by atoms with Crippen LogP contribution in [0, 0.1) is 18.6 Å². The third kappa shape index (κ3) is 4.57. The van der Waals surface area contributed by atoms with Crippen LogP contribution in [0.25, 0.3) is 22.2 Å². The minimum atomic E-state index is -3.79. The second-order valence-electron chi connectivity index (χ2n) is 9.11. The average molecular weight is 526 g/mol. The molecule has 7 nitrogen and oxygen atoms in total. The first-order chi connectivity index (χ1) is 17.6. The Balaban J connectivity index is 1.50. The van der Waals surface area contributed by atoms with Gasteiger partial charge in [0.2, 0.25) is 0 Å². The lowest BCUT2D eigenvalue weighted by atomic mass is 10.0. The molecular weight excluding hydrogens is 500 g/mol. The lowest BCUT2D eigenvalue weighted by molar-refractivity contribution is 0.0731. The fourth-order valence-electron chi connectivity index (χ4n) is 4.57. The van der Waals surface area contributed by atoms with Crippen molar-refractivity contribution in [3.05, 3.63) is 76.6 Å². The van der Waals surface area contributed by atoms with Gasteiger partial charge in [0.05, 0.1) is 17.6 Å². The third-order valence-electron chi connectivity index (χ3n) is 6.56. The summed E-state index contributed by atoms with van der Waals surface area (Å²) >= 11 is 0. The van der Waals surface area contributed by atoms with Crippen LogP contribution in [-0.2, 0) is 22.8 Å². The molecule has 0 spiro atoms. The predicted molar refractivity (Wildman–Crippen MR) is 135 cm³/mol. The van der Waals surface area contributed by atoms with Crippen molar-refractivity contribution in [2.24, 2.45) is 0 Å². The lowest BCUT2D eigenvalue weighted by Gasteiger charge is -2.21. The standard InChI is InChI=1S/C27H25F2N3O4S/c1-4-24-30-21-7-5-16(13-22(21)31-24)17-11-18-14-32(9-10-36-26(18)20(28)12-17)27(33)19-6-8-23(37(3,34)35)25(29)15(19)2/h5-8,11-13H,4,9-10,14H2,1-3H3,(H,30,31). The number of carbonyl (C=O) groups excluding carboxylic acids is 1. The van der Waals surface area contributed by atoms with E-state index < -0.39 is 32.3 Å². The molecule has 1 aromatic heterocycles. The smallest absolute Gasteiger partial charge is 0.254 e. The van der Waals surface area contributed by atoms with E-state index in [0.29, 0.717) is 11.1 Å². The molecular formula is C27H25F2N3O4S. The summed E-state index contributed by atoms with van der Waals surface area (Å²) in [5.41, 5.74) is 3.51. The van der Waals surface area contributed by atoms with Gasteiger partial charge in [0.15, 0.2) is 21.4 Å². The van der Waals surface area contributed by atoms with Gasteiger partial charge in [0.1, 0.15) is 23.1 Å². The van der Waals surface area contributed by atoms with Crippen LogP contribution >= 0.6 is 0 Å². The largest absolute Gasteiger partial charge is 0.488 e. The number of nitrogens with one attached hydrogen (secondary N) is 1. The first-order valence-electron chi connectivity index (χ1n) is 11.8. The van der Waals surface area contributed by atoms with Crippen LogP contribution in [-0.4, -0.2) is 48.6 Å². The molecule has 0 atom stereocenters. The molecule has 0 fully saturated rings. The monoisotopic (exact) mass is 525 g/mol. The zero-order chi connectivity index (χ0) is 26.5. The van der Waals surface area contributed by atoms with Gasteiger partial charge >= 0.3 is 0 Å². The normalized spacial score (nSPS) is 13.8. The van der Waals surface area contributed by atoms with Gasteiger partial charge in [-0.05, 0) is 60.0 Å². The van der Waals surface area contributed by atoms with Crippen molar-refractivity contribution in [2.45, 2.75) is 31.7 Å². The van der Waals surface area contributed by atoms with E-state index >= 15 is 4.39 Å². The number of aromatic amines is 1. The number of nitrogens with zero attached hydrogens (tertiary/aromatic N) is 2. The SMILES string of the molecule is CCc1nc2ccc(-c3cc(F)c4c(c3)CN(C(=O)c3ccc(S(C)(=O)=O)c(F)c3C)CCO4)cc2[nH]1. The molecule has 0 saturated heterocycles. The molecule has 37 heavy (non-hydrogen) atoms. The van der Waals surface area contributed by atoms with Gasteiger partial charge in [-0.1, -0.05) is 13.0 Å². The van der Waals surface area contributed by atoms with Crippen LogP contribution < -0.4 is 4.74 Å². The van der Waals surface area contributed by atoms with Gasteiger partial charge in [-0.15, -0.1) is 0 Å². The topological polar surface area (TPSA) is 92.4 Å². The molecule has 1 amide bonds. The van der Waals surface area contributed by atoms with Crippen molar-refractivity contribution in [1.29, 1.82) is 0 Å². The molecule has 0 unspecified atom stereocenters. The van der Waals surface area contributed by atoms with Crippen LogP contribution in [0.4, 0.5) is 8.78 Å². The van der Waals surface area contributed by atoms with Crippen LogP contribution in [0.5, 0.6) is 5.75 Å². The molecule has 0 aliphatic carbocycles. The Morgan fingerprint density at radius 3 is 2.65 bits per heavy atom. The number of aryl methyl sites for hydroxylation is 1. The number of fused-ring (bicyclic) bond motifs is 2. The highest BCUT2D eigenvalue weighted by atomic mass is 32.2. The number of hydrogen-bond donors (Lipinski definition) is 1. The Morgan fingerprint density at radius 1 is 1.14 bits per heavy atom. The molecule has 10 heteroatoms. The molecule has 192 valence electrons. The quantitative estimate of drug-likeness (QED) is 0.413. The number of H-pyrrole nitrogens is 1. The van der Waals surface area contributed by atoms with Crippen molar-refractivity contribution in [1.82, 2.24) is 14.9 Å². The van der Waals surface area contributed by atoms with Crippen LogP contribution in [0.1, 0.15) is 34.2 Å². The third-order valence-corrected chi connectivity index (χ3v) is 7.67. The van der Waals surface area contributed by atoms with Crippen molar-refractivity contribution >= 4 is 26.8 Å². The highest BCUT2D eigenvalue weighted by Crippen LogP contribution is 2.34. The molecule has 1 N–H and O–H groups in total. The van der Waals surface area contributed by atoms with Crippen LogP contribution in [0.3, 0.4) is 0 Å². The van der Waals surface area contributed by atoms with Crippen molar-refractivity contribution < 1.29 is 26.7 Å². The second kappa shape index (κ2) is 9.26. The highest BCUT2D eigenvalue weighted by Gasteiger charge is 2.27. The molecule has 2 heterocycles. The predicted octanol–water partition coefficient (Wildman–Crippen LogP) is 4.82. The fraction of sp³-hybridized carbons (Fsp3) is 0.259. The molecule has 3 aromatic carbocycles. The van der Waals surface area contributed by atoms with E-state index in [-0.39, 0.29) is 36.6 Å². The first-order valence-corrected chi connectivity index (χ1v) is 13.7. The Bertz CT molecular complexity index is 1660. The molecule has 0 saturated carbocycles. The summed E-state index contributed by atoms with van der Waals surface area (Å²) in [7, 11) is -3.79.